The summed E-state index contributed by atoms with van der Waals surface area (Å²) in [5.74, 6) is 10.7. The zero-order chi connectivity index (χ0) is 45.1. The van der Waals surface area contributed by atoms with E-state index in [1.54, 1.807) is 0 Å². The number of aliphatic hydroxyl groups excluding tert-OH is 4. The maximum Gasteiger partial charge on any atom is 0.0757 e. The molecule has 4 N–H and O–H groups in total. The first kappa shape index (κ1) is 52.0. The summed E-state index contributed by atoms with van der Waals surface area (Å²) in [4.78, 5) is 0. The van der Waals surface area contributed by atoms with E-state index < -0.39 is 0 Å². The third kappa shape index (κ3) is 9.51. The van der Waals surface area contributed by atoms with Crippen molar-refractivity contribution in [1.29, 1.82) is 0 Å². The molecular formula is C59H106O4. The third-order valence-corrected chi connectivity index (χ3v) is 23.2. The summed E-state index contributed by atoms with van der Waals surface area (Å²) in [7, 11) is 0. The van der Waals surface area contributed by atoms with Crippen LogP contribution >= 0.6 is 0 Å². The molecule has 0 saturated heterocycles. The van der Waals surface area contributed by atoms with Crippen molar-refractivity contribution < 1.29 is 20.4 Å². The van der Waals surface area contributed by atoms with Crippen molar-refractivity contribution in [2.45, 2.75) is 250 Å². The van der Waals surface area contributed by atoms with E-state index in [0.29, 0.717) is 57.7 Å². The second-order valence-electron chi connectivity index (χ2n) is 26.4. The van der Waals surface area contributed by atoms with E-state index in [1.807, 2.05) is 0 Å². The summed E-state index contributed by atoms with van der Waals surface area (Å²) in [5.41, 5.74) is 2.75. The first-order valence-electron chi connectivity index (χ1n) is 27.7. The molecule has 8 aliphatic rings. The Morgan fingerprint density at radius 1 is 0.540 bits per heavy atom. The van der Waals surface area contributed by atoms with Gasteiger partial charge in [-0.05, 0) is 220 Å². The molecule has 0 aliphatic heterocycles. The number of hydrogen-bond acceptors (Lipinski definition) is 4. The molecule has 0 heterocycles. The molecule has 0 amide bonds. The first-order valence-corrected chi connectivity index (χ1v) is 27.7. The van der Waals surface area contributed by atoms with Crippen LogP contribution in [0.2, 0.25) is 0 Å². The molecule has 7 saturated carbocycles. The lowest BCUT2D eigenvalue weighted by Gasteiger charge is -2.62. The predicted octanol–water partition coefficient (Wildman–Crippen LogP) is 14.7. The summed E-state index contributed by atoms with van der Waals surface area (Å²) in [5, 5.41) is 43.3. The molecule has 7 fully saturated rings. The average molecular weight is 879 g/mol. The van der Waals surface area contributed by atoms with Crippen molar-refractivity contribution in [3.05, 3.63) is 11.6 Å². The number of rotatable bonds is 12. The molecule has 0 spiro atoms. The second kappa shape index (κ2) is 20.3. The van der Waals surface area contributed by atoms with E-state index >= 15 is 0 Å². The highest BCUT2D eigenvalue weighted by atomic mass is 16.3. The lowest BCUT2D eigenvalue weighted by Crippen LogP contribution is -2.58. The van der Waals surface area contributed by atoms with Gasteiger partial charge in [-0.25, -0.2) is 0 Å². The van der Waals surface area contributed by atoms with Gasteiger partial charge in [0.2, 0.25) is 0 Å². The Morgan fingerprint density at radius 2 is 1.02 bits per heavy atom. The molecule has 8 rings (SSSR count). The van der Waals surface area contributed by atoms with Gasteiger partial charge in [0.15, 0.2) is 0 Å². The maximum atomic E-state index is 11.4. The van der Waals surface area contributed by atoms with Gasteiger partial charge in [-0.1, -0.05) is 128 Å². The van der Waals surface area contributed by atoms with Crippen LogP contribution in [0.3, 0.4) is 0 Å². The summed E-state index contributed by atoms with van der Waals surface area (Å²) >= 11 is 0. The van der Waals surface area contributed by atoms with Gasteiger partial charge >= 0.3 is 0 Å². The predicted molar refractivity (Wildman–Crippen MR) is 266 cm³/mol. The van der Waals surface area contributed by atoms with Crippen molar-refractivity contribution in [2.75, 3.05) is 0 Å². The van der Waals surface area contributed by atoms with E-state index in [9.17, 15) is 20.4 Å². The minimum Gasteiger partial charge on any atom is -0.393 e. The Balaban J connectivity index is 0.000000206. The molecule has 0 bridgehead atoms. The zero-order valence-electron chi connectivity index (χ0n) is 42.7. The van der Waals surface area contributed by atoms with Gasteiger partial charge in [0, 0.05) is 0 Å². The fourth-order valence-corrected chi connectivity index (χ4v) is 19.2. The van der Waals surface area contributed by atoms with E-state index in [0.717, 1.165) is 85.9 Å². The standard InChI is InChI=1S/C29H52O2.C29H50O2.CH4/c2*1-7-20(18(2)3)9-8-19(4)23-10-11-24-27-25(13-15-29(23,24)6)28(5)14-12-22(30)16-21(28)17-26(27)31;/h18-27,30-31H,7-17H2,1-6H3;17-20,22-27,30-31H,7-16H2,1-6H3;1H4/t19-,20-,21+,22+,23-,24?,25?,26?,27+,28+,29-;19-,20-,22+,23-,24?,25?,26?,27+,28+,29-;/m11./s1. The number of fused-ring (bicyclic) bond motifs is 10. The Bertz CT molecular complexity index is 1500. The smallest absolute Gasteiger partial charge is 0.0757 e. The molecule has 4 nitrogen and oxygen atoms in total. The Hall–Kier alpha value is -0.420. The summed E-state index contributed by atoms with van der Waals surface area (Å²) in [6.45, 7) is 29.6. The van der Waals surface area contributed by atoms with Gasteiger partial charge in [-0.2, -0.15) is 0 Å². The molecule has 0 aromatic rings. The van der Waals surface area contributed by atoms with Crippen molar-refractivity contribution in [3.8, 4) is 0 Å². The van der Waals surface area contributed by atoms with Gasteiger partial charge < -0.3 is 20.4 Å². The number of hydrogen-bond donors (Lipinski definition) is 4. The van der Waals surface area contributed by atoms with Crippen molar-refractivity contribution in [1.82, 2.24) is 0 Å². The van der Waals surface area contributed by atoms with Crippen molar-refractivity contribution in [3.63, 3.8) is 0 Å². The summed E-state index contributed by atoms with van der Waals surface area (Å²) in [6.07, 6.45) is 27.1. The highest BCUT2D eigenvalue weighted by Gasteiger charge is 2.64. The van der Waals surface area contributed by atoms with Crippen LogP contribution < -0.4 is 0 Å². The van der Waals surface area contributed by atoms with Crippen molar-refractivity contribution in [2.24, 2.45) is 110 Å². The highest BCUT2D eigenvalue weighted by Crippen LogP contribution is 2.70. The van der Waals surface area contributed by atoms with Crippen LogP contribution in [0.25, 0.3) is 0 Å². The Kier molecular flexibility index (Phi) is 16.7. The minimum atomic E-state index is -0.303. The summed E-state index contributed by atoms with van der Waals surface area (Å²) in [6, 6.07) is 0. The number of aliphatic hydroxyl groups is 4. The topological polar surface area (TPSA) is 80.9 Å². The molecule has 6 unspecified atom stereocenters. The fraction of sp³-hybridized carbons (Fsp3) is 0.966. The first-order chi connectivity index (χ1) is 29.2. The lowest BCUT2D eigenvalue weighted by molar-refractivity contribution is -0.174. The summed E-state index contributed by atoms with van der Waals surface area (Å²) < 4.78 is 0. The minimum absolute atomic E-state index is 0. The van der Waals surface area contributed by atoms with Crippen LogP contribution in [0.1, 0.15) is 225 Å². The van der Waals surface area contributed by atoms with Crippen LogP contribution in [0, 0.1) is 110 Å². The van der Waals surface area contributed by atoms with Gasteiger partial charge in [0.25, 0.3) is 0 Å². The highest BCUT2D eigenvalue weighted by molar-refractivity contribution is 5.28. The molecule has 4 heteroatoms. The molecule has 0 radical (unpaired) electrons. The Morgan fingerprint density at radius 3 is 1.54 bits per heavy atom. The monoisotopic (exact) mass is 879 g/mol. The van der Waals surface area contributed by atoms with E-state index in [1.165, 1.54) is 102 Å². The van der Waals surface area contributed by atoms with E-state index in [-0.39, 0.29) is 37.3 Å². The second-order valence-corrected chi connectivity index (χ2v) is 26.4. The molecule has 21 atom stereocenters. The van der Waals surface area contributed by atoms with E-state index in [2.05, 4.69) is 89.2 Å². The average Bonchev–Trinajstić information content (AvgIpc) is 3.76. The van der Waals surface area contributed by atoms with Crippen molar-refractivity contribution >= 4 is 0 Å². The Labute approximate surface area is 390 Å². The molecular weight excluding hydrogens is 773 g/mol. The van der Waals surface area contributed by atoms with Gasteiger partial charge in [-0.15, -0.1) is 0 Å². The molecule has 366 valence electrons. The molecule has 0 aromatic carbocycles. The van der Waals surface area contributed by atoms with Crippen LogP contribution in [0.5, 0.6) is 0 Å². The quantitative estimate of drug-likeness (QED) is 0.147. The largest absolute Gasteiger partial charge is 0.393 e. The van der Waals surface area contributed by atoms with Gasteiger partial charge in [-0.3, -0.25) is 0 Å². The van der Waals surface area contributed by atoms with Gasteiger partial charge in [0.05, 0.1) is 24.4 Å². The maximum absolute atomic E-state index is 11.4. The van der Waals surface area contributed by atoms with Crippen LogP contribution in [0.15, 0.2) is 11.6 Å². The SMILES string of the molecule is C.CC[C@H](CC[C@@H](C)[C@H]1CCC2[C@@H]3C(O)C=C4C[C@@H](O)CC[C@]4(C)C3CC[C@@]21C)C(C)C.CC[C@H](CC[C@@H](C)[C@H]1CCC2[C@@H]3C(O)C[C@@H]4C[C@@H](O)CC[C@]4(C)C3CC[C@@]21C)C(C)C. The lowest BCUT2D eigenvalue weighted by atomic mass is 9.43. The molecule has 0 aromatic heterocycles. The van der Waals surface area contributed by atoms with Crippen LogP contribution in [-0.4, -0.2) is 44.8 Å². The van der Waals surface area contributed by atoms with Crippen LogP contribution in [0.4, 0.5) is 0 Å². The van der Waals surface area contributed by atoms with E-state index in [4.69, 9.17) is 0 Å². The zero-order valence-corrected chi connectivity index (χ0v) is 42.7. The molecule has 8 aliphatic carbocycles. The molecule has 63 heavy (non-hydrogen) atoms. The van der Waals surface area contributed by atoms with Crippen LogP contribution in [-0.2, 0) is 0 Å². The fourth-order valence-electron chi connectivity index (χ4n) is 19.2. The van der Waals surface area contributed by atoms with Gasteiger partial charge in [0.1, 0.15) is 0 Å². The third-order valence-electron chi connectivity index (χ3n) is 23.2. The normalized spacial score (nSPS) is 47.2.